The Labute approximate surface area is 242 Å². The van der Waals surface area contributed by atoms with E-state index in [0.717, 1.165) is 11.3 Å². The van der Waals surface area contributed by atoms with Crippen molar-refractivity contribution in [3.63, 3.8) is 0 Å². The lowest BCUT2D eigenvalue weighted by molar-refractivity contribution is -0.138. The summed E-state index contributed by atoms with van der Waals surface area (Å²) in [6, 6.07) is 20.5. The van der Waals surface area contributed by atoms with Gasteiger partial charge in [0.15, 0.2) is 0 Å². The van der Waals surface area contributed by atoms with Crippen LogP contribution in [-0.2, 0) is 12.7 Å². The molecule has 0 aliphatic carbocycles. The fraction of sp³-hybridized carbons (Fsp3) is 0.290. The van der Waals surface area contributed by atoms with Crippen LogP contribution in [0.4, 0.5) is 23.7 Å². The highest BCUT2D eigenvalue weighted by Crippen LogP contribution is 2.37. The maximum atomic E-state index is 13.8. The fourth-order valence-corrected chi connectivity index (χ4v) is 5.66. The van der Waals surface area contributed by atoms with Gasteiger partial charge in [0.2, 0.25) is 0 Å². The van der Waals surface area contributed by atoms with Crippen LogP contribution in [0.5, 0.6) is 0 Å². The summed E-state index contributed by atoms with van der Waals surface area (Å²) >= 11 is 6.46. The van der Waals surface area contributed by atoms with Crippen molar-refractivity contribution >= 4 is 23.3 Å². The van der Waals surface area contributed by atoms with Crippen LogP contribution in [0.25, 0.3) is 0 Å². The van der Waals surface area contributed by atoms with Gasteiger partial charge in [-0.15, -0.1) is 0 Å². The van der Waals surface area contributed by atoms with E-state index in [1.807, 2.05) is 53.4 Å². The molecular formula is C31H31ClF3N5O. The highest BCUT2D eigenvalue weighted by Gasteiger charge is 2.36. The summed E-state index contributed by atoms with van der Waals surface area (Å²) in [5.74, 6) is 0. The first kappa shape index (κ1) is 28.7. The molecular weight excluding hydrogens is 551 g/mol. The Balaban J connectivity index is 1.39. The lowest BCUT2D eigenvalue weighted by Gasteiger charge is -2.41. The number of carbonyl (C=O) groups excluding carboxylic acids is 1. The minimum atomic E-state index is -4.45. The number of rotatable bonds is 7. The predicted octanol–water partition coefficient (Wildman–Crippen LogP) is 7.68. The Morgan fingerprint density at radius 3 is 2.46 bits per heavy atom. The van der Waals surface area contributed by atoms with E-state index in [1.165, 1.54) is 25.4 Å². The molecule has 1 aliphatic rings. The van der Waals surface area contributed by atoms with Crippen LogP contribution in [0.3, 0.4) is 0 Å². The highest BCUT2D eigenvalue weighted by atomic mass is 35.5. The molecule has 3 aromatic carbocycles. The smallest absolute Gasteiger partial charge is 0.347 e. The van der Waals surface area contributed by atoms with Crippen molar-refractivity contribution in [1.29, 1.82) is 0 Å². The van der Waals surface area contributed by atoms with Gasteiger partial charge in [-0.05, 0) is 60.7 Å². The first-order chi connectivity index (χ1) is 19.7. The maximum absolute atomic E-state index is 13.8. The van der Waals surface area contributed by atoms with Gasteiger partial charge in [0, 0.05) is 42.6 Å². The largest absolute Gasteiger partial charge is 0.416 e. The minimum absolute atomic E-state index is 0.0996. The number of para-hydroxylation sites is 1. The normalized spacial score (nSPS) is 15.4. The number of aryl methyl sites for hydroxylation is 1. The third-order valence-electron chi connectivity index (χ3n) is 7.59. The van der Waals surface area contributed by atoms with Gasteiger partial charge in [0.1, 0.15) is 0 Å². The predicted molar refractivity (Wildman–Crippen MR) is 154 cm³/mol. The van der Waals surface area contributed by atoms with Crippen molar-refractivity contribution in [3.8, 4) is 0 Å². The molecule has 6 nitrogen and oxygen atoms in total. The third kappa shape index (κ3) is 6.74. The number of amides is 2. The van der Waals surface area contributed by atoms with Crippen LogP contribution in [0, 0.1) is 6.92 Å². The van der Waals surface area contributed by atoms with Crippen LogP contribution in [0.1, 0.15) is 46.8 Å². The van der Waals surface area contributed by atoms with E-state index in [-0.39, 0.29) is 17.6 Å². The van der Waals surface area contributed by atoms with E-state index in [1.54, 1.807) is 18.3 Å². The number of H-pyrrole nitrogens is 1. The Hall–Kier alpha value is -3.82. The van der Waals surface area contributed by atoms with Crippen LogP contribution in [-0.4, -0.2) is 44.9 Å². The van der Waals surface area contributed by atoms with Crippen molar-refractivity contribution in [3.05, 3.63) is 118 Å². The number of aromatic amines is 1. The Bertz CT molecular complexity index is 1450. The zero-order valence-electron chi connectivity index (χ0n) is 22.5. The van der Waals surface area contributed by atoms with Crippen molar-refractivity contribution in [1.82, 2.24) is 19.8 Å². The summed E-state index contributed by atoms with van der Waals surface area (Å²) in [5.41, 5.74) is 2.34. The van der Waals surface area contributed by atoms with Crippen molar-refractivity contribution in [2.45, 2.75) is 44.6 Å². The number of imidazole rings is 1. The number of nitrogens with one attached hydrogen (secondary N) is 2. The molecule has 41 heavy (non-hydrogen) atoms. The standard InChI is InChI=1S/C31H31ClF3N5O/c1-21-11-12-22(17-26(21)31(33,34)35)29(28-18-36-20-37-28)39-15-13-25(14-16-39)40(19-23-7-5-6-10-27(23)32)30(41)38-24-8-3-2-4-9-24/h2-12,17-18,20,25,29H,13-16,19H2,1H3,(H,36,37)(H,38,41). The van der Waals surface area contributed by atoms with Gasteiger partial charge < -0.3 is 15.2 Å². The second kappa shape index (κ2) is 12.4. The van der Waals surface area contributed by atoms with E-state index in [9.17, 15) is 18.0 Å². The number of benzene rings is 3. The monoisotopic (exact) mass is 581 g/mol. The van der Waals surface area contributed by atoms with Crippen LogP contribution < -0.4 is 5.32 Å². The van der Waals surface area contributed by atoms with E-state index < -0.39 is 17.8 Å². The summed E-state index contributed by atoms with van der Waals surface area (Å²) in [6.45, 7) is 2.94. The second-order valence-electron chi connectivity index (χ2n) is 10.3. The molecule has 1 fully saturated rings. The molecule has 214 valence electrons. The number of hydrogen-bond donors (Lipinski definition) is 2. The average molecular weight is 582 g/mol. The number of halogens is 4. The van der Waals surface area contributed by atoms with Crippen LogP contribution >= 0.6 is 11.6 Å². The molecule has 0 bridgehead atoms. The van der Waals surface area contributed by atoms with Gasteiger partial charge in [-0.3, -0.25) is 4.90 Å². The van der Waals surface area contributed by atoms with Crippen molar-refractivity contribution in [2.75, 3.05) is 18.4 Å². The molecule has 2 amide bonds. The van der Waals surface area contributed by atoms with E-state index >= 15 is 0 Å². The van der Waals surface area contributed by atoms with Crippen LogP contribution in [0.15, 0.2) is 85.3 Å². The molecule has 1 aromatic heterocycles. The zero-order valence-corrected chi connectivity index (χ0v) is 23.3. The van der Waals surface area contributed by atoms with E-state index in [4.69, 9.17) is 11.6 Å². The molecule has 2 heterocycles. The number of anilines is 1. The molecule has 1 atom stereocenters. The van der Waals surface area contributed by atoms with Gasteiger partial charge in [-0.1, -0.05) is 60.1 Å². The number of likely N-dealkylation sites (tertiary alicyclic amines) is 1. The summed E-state index contributed by atoms with van der Waals surface area (Å²) < 4.78 is 41.3. The molecule has 2 N–H and O–H groups in total. The molecule has 5 rings (SSSR count). The zero-order chi connectivity index (χ0) is 29.0. The molecule has 0 saturated carbocycles. The average Bonchev–Trinajstić information content (AvgIpc) is 3.48. The summed E-state index contributed by atoms with van der Waals surface area (Å²) in [6.07, 6.45) is 0.00954. The summed E-state index contributed by atoms with van der Waals surface area (Å²) in [4.78, 5) is 24.7. The number of carbonyl (C=O) groups is 1. The minimum Gasteiger partial charge on any atom is -0.347 e. The quantitative estimate of drug-likeness (QED) is 0.235. The SMILES string of the molecule is Cc1ccc(C(c2cnc[nH]2)N2CCC(N(Cc3ccccc3Cl)C(=O)Nc3ccccc3)CC2)cc1C(F)(F)F. The molecule has 1 aliphatic heterocycles. The van der Waals surface area contributed by atoms with Gasteiger partial charge in [-0.2, -0.15) is 13.2 Å². The summed E-state index contributed by atoms with van der Waals surface area (Å²) in [5, 5.41) is 3.58. The molecule has 0 radical (unpaired) electrons. The lowest BCUT2D eigenvalue weighted by atomic mass is 9.94. The number of nitrogens with zero attached hydrogens (tertiary/aromatic N) is 3. The third-order valence-corrected chi connectivity index (χ3v) is 7.95. The maximum Gasteiger partial charge on any atom is 0.416 e. The fourth-order valence-electron chi connectivity index (χ4n) is 5.47. The van der Waals surface area contributed by atoms with Gasteiger partial charge in [-0.25, -0.2) is 9.78 Å². The lowest BCUT2D eigenvalue weighted by Crippen LogP contribution is -2.49. The molecule has 1 unspecified atom stereocenters. The number of piperidine rings is 1. The molecule has 10 heteroatoms. The van der Waals surface area contributed by atoms with E-state index in [2.05, 4.69) is 20.2 Å². The Morgan fingerprint density at radius 1 is 1.10 bits per heavy atom. The van der Waals surface area contributed by atoms with Crippen molar-refractivity contribution in [2.24, 2.45) is 0 Å². The van der Waals surface area contributed by atoms with Gasteiger partial charge in [0.05, 0.1) is 23.6 Å². The first-order valence-electron chi connectivity index (χ1n) is 13.5. The molecule has 1 saturated heterocycles. The Morgan fingerprint density at radius 2 is 1.80 bits per heavy atom. The van der Waals surface area contributed by atoms with Gasteiger partial charge in [0.25, 0.3) is 0 Å². The van der Waals surface area contributed by atoms with Crippen LogP contribution in [0.2, 0.25) is 5.02 Å². The summed E-state index contributed by atoms with van der Waals surface area (Å²) in [7, 11) is 0. The number of aromatic nitrogens is 2. The van der Waals surface area contributed by atoms with Crippen molar-refractivity contribution < 1.29 is 18.0 Å². The van der Waals surface area contributed by atoms with Gasteiger partial charge >= 0.3 is 12.2 Å². The Kier molecular flexibility index (Phi) is 8.65. The van der Waals surface area contributed by atoms with E-state index in [0.29, 0.717) is 48.7 Å². The number of urea groups is 1. The topological polar surface area (TPSA) is 64.3 Å². The number of hydrogen-bond acceptors (Lipinski definition) is 3. The second-order valence-corrected chi connectivity index (χ2v) is 10.7. The first-order valence-corrected chi connectivity index (χ1v) is 13.8. The molecule has 4 aromatic rings. The molecule has 0 spiro atoms. The number of alkyl halides is 3. The highest BCUT2D eigenvalue weighted by molar-refractivity contribution is 6.31.